The van der Waals surface area contributed by atoms with Crippen LogP contribution in [0.15, 0.2) is 30.5 Å². The number of aromatic nitrogens is 3. The third-order valence-corrected chi connectivity index (χ3v) is 5.74. The second-order valence-corrected chi connectivity index (χ2v) is 7.78. The third kappa shape index (κ3) is 4.02. The zero-order valence-corrected chi connectivity index (χ0v) is 15.9. The standard InChI is InChI=1S/C19H16F4N4OS/c20-11-6-8-12(9-7-11)27-16(19(21,22)23)13(10-24-27)17(28)26-18-25-14-4-2-1-3-5-15(14)29-18/h6-10H,1-5H2,(H,25,26,28). The third-order valence-electron chi connectivity index (χ3n) is 4.67. The molecule has 3 aromatic rings. The molecule has 0 saturated heterocycles. The number of amides is 1. The lowest BCUT2D eigenvalue weighted by molar-refractivity contribution is -0.143. The highest BCUT2D eigenvalue weighted by molar-refractivity contribution is 7.15. The van der Waals surface area contributed by atoms with Gasteiger partial charge in [-0.15, -0.1) is 11.3 Å². The van der Waals surface area contributed by atoms with Gasteiger partial charge in [0.2, 0.25) is 0 Å². The minimum Gasteiger partial charge on any atom is -0.298 e. The highest BCUT2D eigenvalue weighted by Crippen LogP contribution is 2.35. The lowest BCUT2D eigenvalue weighted by Gasteiger charge is -2.12. The molecule has 1 amide bonds. The van der Waals surface area contributed by atoms with Gasteiger partial charge in [0.1, 0.15) is 5.82 Å². The van der Waals surface area contributed by atoms with E-state index in [4.69, 9.17) is 0 Å². The zero-order valence-electron chi connectivity index (χ0n) is 15.1. The van der Waals surface area contributed by atoms with Crippen LogP contribution in [0.4, 0.5) is 22.7 Å². The number of fused-ring (bicyclic) bond motifs is 1. The van der Waals surface area contributed by atoms with Crippen LogP contribution in [0.3, 0.4) is 0 Å². The number of hydrogen-bond acceptors (Lipinski definition) is 4. The molecular weight excluding hydrogens is 408 g/mol. The number of benzene rings is 1. The molecule has 0 fully saturated rings. The summed E-state index contributed by atoms with van der Waals surface area (Å²) in [5.41, 5.74) is -0.938. The summed E-state index contributed by atoms with van der Waals surface area (Å²) in [6.45, 7) is 0. The molecule has 29 heavy (non-hydrogen) atoms. The molecule has 4 rings (SSSR count). The second-order valence-electron chi connectivity index (χ2n) is 6.70. The van der Waals surface area contributed by atoms with Crippen LogP contribution in [0.25, 0.3) is 5.69 Å². The quantitative estimate of drug-likeness (QED) is 0.475. The summed E-state index contributed by atoms with van der Waals surface area (Å²) in [7, 11) is 0. The first kappa shape index (κ1) is 19.6. The summed E-state index contributed by atoms with van der Waals surface area (Å²) in [4.78, 5) is 18.0. The summed E-state index contributed by atoms with van der Waals surface area (Å²) < 4.78 is 54.8. The molecule has 10 heteroatoms. The Kier molecular flexibility index (Phi) is 5.12. The van der Waals surface area contributed by atoms with Crippen LogP contribution in [0.1, 0.15) is 45.9 Å². The van der Waals surface area contributed by atoms with E-state index in [0.29, 0.717) is 4.68 Å². The molecule has 2 heterocycles. The Morgan fingerprint density at radius 1 is 1.10 bits per heavy atom. The van der Waals surface area contributed by atoms with E-state index in [0.717, 1.165) is 73.1 Å². The van der Waals surface area contributed by atoms with E-state index < -0.39 is 29.2 Å². The van der Waals surface area contributed by atoms with Gasteiger partial charge >= 0.3 is 6.18 Å². The minimum absolute atomic E-state index is 0.00117. The summed E-state index contributed by atoms with van der Waals surface area (Å²) >= 11 is 1.30. The molecule has 0 aliphatic heterocycles. The van der Waals surface area contributed by atoms with Gasteiger partial charge in [-0.3, -0.25) is 10.1 Å². The predicted octanol–water partition coefficient (Wildman–Crippen LogP) is 5.01. The number of hydrogen-bond donors (Lipinski definition) is 1. The topological polar surface area (TPSA) is 59.8 Å². The van der Waals surface area contributed by atoms with Crippen LogP contribution in [-0.2, 0) is 19.0 Å². The Morgan fingerprint density at radius 3 is 2.55 bits per heavy atom. The molecule has 0 radical (unpaired) electrons. The van der Waals surface area contributed by atoms with Gasteiger partial charge in [-0.1, -0.05) is 6.42 Å². The SMILES string of the molecule is O=C(Nc1nc2c(s1)CCCCC2)c1cnn(-c2ccc(F)cc2)c1C(F)(F)F. The minimum atomic E-state index is -4.84. The van der Waals surface area contributed by atoms with Crippen molar-refractivity contribution in [3.8, 4) is 5.69 Å². The maximum absolute atomic E-state index is 13.7. The molecule has 1 aliphatic carbocycles. The van der Waals surface area contributed by atoms with Crippen molar-refractivity contribution in [2.24, 2.45) is 0 Å². The molecule has 5 nitrogen and oxygen atoms in total. The van der Waals surface area contributed by atoms with Gasteiger partial charge in [0.05, 0.1) is 23.1 Å². The number of nitrogens with zero attached hydrogens (tertiary/aromatic N) is 3. The molecule has 0 spiro atoms. The molecule has 1 N–H and O–H groups in total. The van der Waals surface area contributed by atoms with Crippen LogP contribution in [0.5, 0.6) is 0 Å². The molecule has 0 atom stereocenters. The first-order chi connectivity index (χ1) is 13.8. The van der Waals surface area contributed by atoms with E-state index >= 15 is 0 Å². The number of thiazole rings is 1. The van der Waals surface area contributed by atoms with E-state index in [1.165, 1.54) is 11.3 Å². The van der Waals surface area contributed by atoms with Crippen LogP contribution < -0.4 is 5.32 Å². The van der Waals surface area contributed by atoms with Crippen molar-refractivity contribution in [3.63, 3.8) is 0 Å². The van der Waals surface area contributed by atoms with E-state index in [1.54, 1.807) is 0 Å². The van der Waals surface area contributed by atoms with Crippen molar-refractivity contribution < 1.29 is 22.4 Å². The van der Waals surface area contributed by atoms with Gasteiger partial charge in [0, 0.05) is 4.88 Å². The van der Waals surface area contributed by atoms with Gasteiger partial charge < -0.3 is 0 Å². The Morgan fingerprint density at radius 2 is 1.83 bits per heavy atom. The summed E-state index contributed by atoms with van der Waals surface area (Å²) in [6, 6.07) is 4.38. The van der Waals surface area contributed by atoms with Gasteiger partial charge in [0.25, 0.3) is 5.91 Å². The Labute approximate surface area is 167 Å². The highest BCUT2D eigenvalue weighted by Gasteiger charge is 2.40. The maximum Gasteiger partial charge on any atom is 0.434 e. The Bertz CT molecular complexity index is 1020. The van der Waals surface area contributed by atoms with Gasteiger partial charge in [-0.25, -0.2) is 14.1 Å². The number of carbonyl (C=O) groups is 1. The summed E-state index contributed by atoms with van der Waals surface area (Å²) in [5, 5.41) is 6.48. The number of alkyl halides is 3. The van der Waals surface area contributed by atoms with Crippen molar-refractivity contribution in [2.45, 2.75) is 38.3 Å². The number of aryl methyl sites for hydroxylation is 2. The number of anilines is 1. The summed E-state index contributed by atoms with van der Waals surface area (Å²) in [6.07, 6.45) is 0.842. The van der Waals surface area contributed by atoms with E-state index in [-0.39, 0.29) is 10.8 Å². The zero-order chi connectivity index (χ0) is 20.6. The van der Waals surface area contributed by atoms with Crippen LogP contribution >= 0.6 is 11.3 Å². The van der Waals surface area contributed by atoms with Crippen LogP contribution in [0, 0.1) is 5.82 Å². The van der Waals surface area contributed by atoms with Crippen molar-refractivity contribution in [2.75, 3.05) is 5.32 Å². The first-order valence-corrected chi connectivity index (χ1v) is 9.85. The van der Waals surface area contributed by atoms with Gasteiger partial charge in [-0.2, -0.15) is 18.3 Å². The fourth-order valence-electron chi connectivity index (χ4n) is 3.31. The van der Waals surface area contributed by atoms with E-state index in [1.807, 2.05) is 0 Å². The lowest BCUT2D eigenvalue weighted by atomic mass is 10.2. The second kappa shape index (κ2) is 7.58. The number of nitrogens with one attached hydrogen (secondary N) is 1. The molecule has 0 saturated carbocycles. The van der Waals surface area contributed by atoms with Crippen molar-refractivity contribution in [1.29, 1.82) is 0 Å². The fraction of sp³-hybridized carbons (Fsp3) is 0.316. The largest absolute Gasteiger partial charge is 0.434 e. The Balaban J connectivity index is 1.66. The Hall–Kier alpha value is -2.75. The first-order valence-electron chi connectivity index (χ1n) is 9.04. The average molecular weight is 424 g/mol. The summed E-state index contributed by atoms with van der Waals surface area (Å²) in [5.74, 6) is -1.52. The monoisotopic (exact) mass is 424 g/mol. The molecule has 1 aliphatic rings. The predicted molar refractivity (Wildman–Crippen MR) is 99.9 cm³/mol. The van der Waals surface area contributed by atoms with Gasteiger partial charge in [0.15, 0.2) is 10.8 Å². The lowest BCUT2D eigenvalue weighted by Crippen LogP contribution is -2.20. The molecule has 152 valence electrons. The van der Waals surface area contributed by atoms with Crippen LogP contribution in [-0.4, -0.2) is 20.7 Å². The number of rotatable bonds is 3. The van der Waals surface area contributed by atoms with Crippen molar-refractivity contribution in [3.05, 3.63) is 58.1 Å². The van der Waals surface area contributed by atoms with Crippen LogP contribution in [0.2, 0.25) is 0 Å². The molecule has 1 aromatic carbocycles. The molecular formula is C19H16F4N4OS. The smallest absolute Gasteiger partial charge is 0.298 e. The highest BCUT2D eigenvalue weighted by atomic mass is 32.1. The van der Waals surface area contributed by atoms with E-state index in [9.17, 15) is 22.4 Å². The number of carbonyl (C=O) groups excluding carboxylic acids is 1. The molecule has 2 aromatic heterocycles. The normalized spacial score (nSPS) is 14.3. The fourth-order valence-corrected chi connectivity index (χ4v) is 4.36. The van der Waals surface area contributed by atoms with E-state index in [2.05, 4.69) is 15.4 Å². The average Bonchev–Trinajstić information content (AvgIpc) is 3.21. The van der Waals surface area contributed by atoms with Crippen molar-refractivity contribution >= 4 is 22.4 Å². The number of halogens is 4. The van der Waals surface area contributed by atoms with Gasteiger partial charge in [-0.05, 0) is 49.9 Å². The molecule has 0 unspecified atom stereocenters. The van der Waals surface area contributed by atoms with Crippen molar-refractivity contribution in [1.82, 2.24) is 14.8 Å². The molecule has 0 bridgehead atoms. The maximum atomic E-state index is 13.7.